The summed E-state index contributed by atoms with van der Waals surface area (Å²) >= 11 is 0. The molecule has 2 nitrogen and oxygen atoms in total. The summed E-state index contributed by atoms with van der Waals surface area (Å²) in [5.74, 6) is 0.237. The molecule has 1 aliphatic rings. The Morgan fingerprint density at radius 2 is 1.90 bits per heavy atom. The highest BCUT2D eigenvalue weighted by Gasteiger charge is 2.44. The number of benzene rings is 1. The molecule has 0 bridgehead atoms. The van der Waals surface area contributed by atoms with E-state index in [4.69, 9.17) is 0 Å². The lowest BCUT2D eigenvalue weighted by Crippen LogP contribution is -2.39. The van der Waals surface area contributed by atoms with E-state index >= 15 is 0 Å². The average Bonchev–Trinajstić information content (AvgIpc) is 2.48. The predicted octanol–water partition coefficient (Wildman–Crippen LogP) is 4.38. The van der Waals surface area contributed by atoms with E-state index in [-0.39, 0.29) is 11.2 Å². The van der Waals surface area contributed by atoms with Gasteiger partial charge in [0.25, 0.3) is 0 Å². The number of ketones is 1. The Labute approximate surface area is 126 Å². The summed E-state index contributed by atoms with van der Waals surface area (Å²) < 4.78 is 0. The quantitative estimate of drug-likeness (QED) is 0.760. The van der Waals surface area contributed by atoms with Gasteiger partial charge in [0.15, 0.2) is 5.78 Å². The van der Waals surface area contributed by atoms with Gasteiger partial charge in [-0.1, -0.05) is 42.3 Å². The average molecular weight is 279 g/mol. The molecule has 0 saturated heterocycles. The Hall–Kier alpha value is -1.96. The first-order chi connectivity index (χ1) is 10.2. The molecular formula is C19H21NO. The van der Waals surface area contributed by atoms with Crippen molar-refractivity contribution in [3.63, 3.8) is 0 Å². The van der Waals surface area contributed by atoms with Crippen LogP contribution in [0.5, 0.6) is 0 Å². The summed E-state index contributed by atoms with van der Waals surface area (Å²) in [6, 6.07) is 14.2. The second-order valence-electron chi connectivity index (χ2n) is 6.16. The van der Waals surface area contributed by atoms with Crippen LogP contribution in [0.1, 0.15) is 47.3 Å². The van der Waals surface area contributed by atoms with Crippen LogP contribution in [-0.4, -0.2) is 10.8 Å². The van der Waals surface area contributed by atoms with E-state index in [9.17, 15) is 4.79 Å². The summed E-state index contributed by atoms with van der Waals surface area (Å²) in [6.45, 7) is 2.10. The van der Waals surface area contributed by atoms with Crippen LogP contribution in [0.3, 0.4) is 0 Å². The molecule has 1 fully saturated rings. The molecular weight excluding hydrogens is 258 g/mol. The third-order valence-electron chi connectivity index (χ3n) is 4.70. The lowest BCUT2D eigenvalue weighted by atomic mass is 9.62. The van der Waals surface area contributed by atoms with Crippen LogP contribution in [0.25, 0.3) is 0 Å². The minimum atomic E-state index is -0.167. The summed E-state index contributed by atoms with van der Waals surface area (Å²) in [6.07, 6.45) is 6.79. The molecule has 0 atom stereocenters. The number of nitrogens with zero attached hydrogens (tertiary/aromatic N) is 1. The first-order valence-corrected chi connectivity index (χ1v) is 7.71. The first kappa shape index (κ1) is 14.0. The number of aromatic nitrogens is 1. The molecule has 0 amide bonds. The van der Waals surface area contributed by atoms with E-state index in [2.05, 4.69) is 36.2 Å². The smallest absolute Gasteiger partial charge is 0.187 e. The largest absolute Gasteiger partial charge is 0.292 e. The molecule has 0 radical (unpaired) electrons. The van der Waals surface area contributed by atoms with Crippen molar-refractivity contribution in [3.8, 4) is 0 Å². The van der Waals surface area contributed by atoms with Crippen LogP contribution in [0.15, 0.2) is 48.7 Å². The maximum Gasteiger partial charge on any atom is 0.187 e. The molecule has 0 unspecified atom stereocenters. The van der Waals surface area contributed by atoms with Crippen molar-refractivity contribution in [2.75, 3.05) is 0 Å². The minimum absolute atomic E-state index is 0.167. The van der Waals surface area contributed by atoms with Gasteiger partial charge in [0.2, 0.25) is 0 Å². The number of carbonyl (C=O) groups excluding carboxylic acids is 1. The Kier molecular flexibility index (Phi) is 3.87. The third-order valence-corrected chi connectivity index (χ3v) is 4.70. The number of aryl methyl sites for hydroxylation is 2. The molecule has 0 aliphatic heterocycles. The van der Waals surface area contributed by atoms with Gasteiger partial charge in [-0.2, -0.15) is 0 Å². The van der Waals surface area contributed by atoms with Crippen LogP contribution in [0.2, 0.25) is 0 Å². The van der Waals surface area contributed by atoms with Crippen LogP contribution < -0.4 is 0 Å². The Morgan fingerprint density at radius 3 is 2.48 bits per heavy atom. The number of carbonyl (C=O) groups is 1. The van der Waals surface area contributed by atoms with Gasteiger partial charge < -0.3 is 0 Å². The topological polar surface area (TPSA) is 30.0 Å². The van der Waals surface area contributed by atoms with Gasteiger partial charge in [0.1, 0.15) is 5.69 Å². The Balaban J connectivity index is 1.72. The Morgan fingerprint density at radius 1 is 1.14 bits per heavy atom. The lowest BCUT2D eigenvalue weighted by Gasteiger charge is -2.40. The van der Waals surface area contributed by atoms with Gasteiger partial charge in [0.05, 0.1) is 0 Å². The SMILES string of the molecule is Cc1ccc(CCC2(C(=O)c3ccccn3)CCC2)cc1. The van der Waals surface area contributed by atoms with Crippen LogP contribution in [-0.2, 0) is 6.42 Å². The zero-order valence-electron chi connectivity index (χ0n) is 12.5. The highest BCUT2D eigenvalue weighted by molar-refractivity contribution is 5.99. The highest BCUT2D eigenvalue weighted by Crippen LogP contribution is 2.46. The van der Waals surface area contributed by atoms with Gasteiger partial charge in [-0.15, -0.1) is 0 Å². The monoisotopic (exact) mass is 279 g/mol. The highest BCUT2D eigenvalue weighted by atomic mass is 16.1. The Bertz CT molecular complexity index is 612. The van der Waals surface area contributed by atoms with E-state index in [1.807, 2.05) is 18.2 Å². The molecule has 0 N–H and O–H groups in total. The zero-order valence-corrected chi connectivity index (χ0v) is 12.5. The first-order valence-electron chi connectivity index (χ1n) is 7.71. The van der Waals surface area contributed by atoms with Crippen molar-refractivity contribution in [2.45, 2.75) is 39.0 Å². The fourth-order valence-electron chi connectivity index (χ4n) is 3.10. The van der Waals surface area contributed by atoms with Crippen LogP contribution in [0, 0.1) is 12.3 Å². The number of hydrogen-bond donors (Lipinski definition) is 0. The fourth-order valence-corrected chi connectivity index (χ4v) is 3.10. The molecule has 0 spiro atoms. The van der Waals surface area contributed by atoms with Crippen molar-refractivity contribution < 1.29 is 4.79 Å². The second-order valence-corrected chi connectivity index (χ2v) is 6.16. The van der Waals surface area contributed by atoms with Gasteiger partial charge in [0, 0.05) is 11.6 Å². The van der Waals surface area contributed by atoms with E-state index in [1.165, 1.54) is 11.1 Å². The van der Waals surface area contributed by atoms with Crippen molar-refractivity contribution in [2.24, 2.45) is 5.41 Å². The molecule has 21 heavy (non-hydrogen) atoms. The molecule has 108 valence electrons. The molecule has 2 heteroatoms. The molecule has 1 heterocycles. The molecule has 1 saturated carbocycles. The van der Waals surface area contributed by atoms with Crippen LogP contribution >= 0.6 is 0 Å². The molecule has 1 aromatic carbocycles. The maximum absolute atomic E-state index is 12.8. The second kappa shape index (κ2) is 5.80. The standard InChI is InChI=1S/C19H21NO/c1-15-6-8-16(9-7-15)10-13-19(11-4-12-19)18(21)17-5-2-3-14-20-17/h2-3,5-9,14H,4,10-13H2,1H3. The van der Waals surface area contributed by atoms with Crippen molar-refractivity contribution >= 4 is 5.78 Å². The molecule has 1 aromatic heterocycles. The van der Waals surface area contributed by atoms with Gasteiger partial charge in [-0.25, -0.2) is 0 Å². The predicted molar refractivity (Wildman–Crippen MR) is 84.4 cm³/mol. The van der Waals surface area contributed by atoms with E-state index in [1.54, 1.807) is 6.20 Å². The number of rotatable bonds is 5. The van der Waals surface area contributed by atoms with Crippen molar-refractivity contribution in [1.82, 2.24) is 4.98 Å². The minimum Gasteiger partial charge on any atom is -0.292 e. The normalized spacial score (nSPS) is 16.2. The van der Waals surface area contributed by atoms with E-state index in [0.29, 0.717) is 5.69 Å². The van der Waals surface area contributed by atoms with Gasteiger partial charge in [-0.3, -0.25) is 9.78 Å². The summed E-state index contributed by atoms with van der Waals surface area (Å²) in [7, 11) is 0. The summed E-state index contributed by atoms with van der Waals surface area (Å²) in [5, 5.41) is 0. The summed E-state index contributed by atoms with van der Waals surface area (Å²) in [5.41, 5.74) is 3.06. The van der Waals surface area contributed by atoms with E-state index < -0.39 is 0 Å². The van der Waals surface area contributed by atoms with Crippen molar-refractivity contribution in [3.05, 3.63) is 65.5 Å². The third kappa shape index (κ3) is 2.90. The molecule has 1 aliphatic carbocycles. The number of Topliss-reactive ketones (excluding diaryl/α,β-unsaturated/α-hetero) is 1. The van der Waals surface area contributed by atoms with E-state index in [0.717, 1.165) is 32.1 Å². The van der Waals surface area contributed by atoms with Gasteiger partial charge >= 0.3 is 0 Å². The number of pyridine rings is 1. The van der Waals surface area contributed by atoms with Gasteiger partial charge in [-0.05, 0) is 50.3 Å². The molecule has 2 aromatic rings. The number of hydrogen-bond acceptors (Lipinski definition) is 2. The summed E-state index contributed by atoms with van der Waals surface area (Å²) in [4.78, 5) is 17.0. The lowest BCUT2D eigenvalue weighted by molar-refractivity contribution is 0.0575. The molecule has 3 rings (SSSR count). The van der Waals surface area contributed by atoms with Crippen molar-refractivity contribution in [1.29, 1.82) is 0 Å². The zero-order chi connectivity index (χ0) is 14.7. The fraction of sp³-hybridized carbons (Fsp3) is 0.368. The maximum atomic E-state index is 12.8. The van der Waals surface area contributed by atoms with Crippen LogP contribution in [0.4, 0.5) is 0 Å².